The molecule has 17 heavy (non-hydrogen) atoms. The average molecular weight is 248 g/mol. The van der Waals surface area contributed by atoms with Gasteiger partial charge in [0.15, 0.2) is 0 Å². The van der Waals surface area contributed by atoms with Crippen molar-refractivity contribution < 1.29 is 9.53 Å². The Hall–Kier alpha value is -1.87. The highest BCUT2D eigenvalue weighted by Gasteiger charge is 2.08. The Bertz CT molecular complexity index is 581. The van der Waals surface area contributed by atoms with Crippen LogP contribution in [0.3, 0.4) is 0 Å². The first kappa shape index (κ1) is 11.6. The quantitative estimate of drug-likeness (QED) is 0.617. The van der Waals surface area contributed by atoms with E-state index in [2.05, 4.69) is 11.6 Å². The van der Waals surface area contributed by atoms with Crippen LogP contribution in [-0.4, -0.2) is 17.6 Å². The van der Waals surface area contributed by atoms with Crippen LogP contribution in [0.25, 0.3) is 10.9 Å². The summed E-state index contributed by atoms with van der Waals surface area (Å²) in [5, 5.41) is 1.43. The number of halogens is 1. The molecule has 1 aromatic carbocycles. The van der Waals surface area contributed by atoms with E-state index in [9.17, 15) is 4.79 Å². The van der Waals surface area contributed by atoms with E-state index < -0.39 is 5.97 Å². The highest BCUT2D eigenvalue weighted by Crippen LogP contribution is 2.22. The van der Waals surface area contributed by atoms with Crippen molar-refractivity contribution in [1.29, 1.82) is 0 Å². The highest BCUT2D eigenvalue weighted by molar-refractivity contribution is 6.35. The predicted octanol–water partition coefficient (Wildman–Crippen LogP) is 3.23. The van der Waals surface area contributed by atoms with E-state index in [1.165, 1.54) is 6.08 Å². The number of ether oxygens (including phenoxy) is 1. The van der Waals surface area contributed by atoms with E-state index in [-0.39, 0.29) is 6.61 Å². The molecule has 0 spiro atoms. The Morgan fingerprint density at radius 3 is 3.06 bits per heavy atom. The number of benzene rings is 1. The van der Waals surface area contributed by atoms with Gasteiger partial charge in [0.2, 0.25) is 0 Å². The Morgan fingerprint density at radius 1 is 1.47 bits per heavy atom. The number of rotatable bonds is 3. The van der Waals surface area contributed by atoms with Gasteiger partial charge in [0.05, 0.1) is 16.1 Å². The molecule has 0 N–H and O–H groups in total. The van der Waals surface area contributed by atoms with Crippen LogP contribution >= 0.6 is 11.6 Å². The normalized spacial score (nSPS) is 10.2. The van der Waals surface area contributed by atoms with Crippen molar-refractivity contribution in [2.24, 2.45) is 0 Å². The lowest BCUT2D eigenvalue weighted by Crippen LogP contribution is -2.04. The van der Waals surface area contributed by atoms with E-state index in [0.717, 1.165) is 5.39 Å². The van der Waals surface area contributed by atoms with Gasteiger partial charge >= 0.3 is 5.97 Å². The Kier molecular flexibility index (Phi) is 3.40. The molecule has 2 rings (SSSR count). The van der Waals surface area contributed by atoms with Crippen LogP contribution < -0.4 is 0 Å². The van der Waals surface area contributed by atoms with Crippen molar-refractivity contribution in [1.82, 2.24) is 4.98 Å². The van der Waals surface area contributed by atoms with E-state index in [4.69, 9.17) is 16.3 Å². The van der Waals surface area contributed by atoms with Gasteiger partial charge in [0.25, 0.3) is 0 Å². The van der Waals surface area contributed by atoms with Crippen LogP contribution in [0.2, 0.25) is 5.02 Å². The van der Waals surface area contributed by atoms with Crippen LogP contribution in [-0.2, 0) is 4.74 Å². The third-order valence-electron chi connectivity index (χ3n) is 2.26. The third-order valence-corrected chi connectivity index (χ3v) is 2.59. The molecule has 2 aromatic rings. The number of carbonyl (C=O) groups excluding carboxylic acids is 1. The van der Waals surface area contributed by atoms with E-state index in [0.29, 0.717) is 16.1 Å². The molecular formula is C13H10ClNO2. The van der Waals surface area contributed by atoms with Gasteiger partial charge < -0.3 is 4.74 Å². The molecule has 0 saturated heterocycles. The van der Waals surface area contributed by atoms with E-state index >= 15 is 0 Å². The number of hydrogen-bond acceptors (Lipinski definition) is 3. The molecule has 0 aliphatic heterocycles. The maximum atomic E-state index is 11.6. The number of nitrogens with zero attached hydrogens (tertiary/aromatic N) is 1. The van der Waals surface area contributed by atoms with Gasteiger partial charge in [-0.15, -0.1) is 0 Å². The summed E-state index contributed by atoms with van der Waals surface area (Å²) in [5.74, 6) is -0.395. The van der Waals surface area contributed by atoms with Crippen LogP contribution in [0.1, 0.15) is 10.4 Å². The standard InChI is InChI=1S/C13H10ClNO2/c1-2-7-17-13(16)9-3-4-10-11(14)5-6-15-12(10)8-9/h2-6,8H,1,7H2. The van der Waals surface area contributed by atoms with Gasteiger partial charge in [-0.2, -0.15) is 0 Å². The molecule has 0 amide bonds. The molecule has 0 unspecified atom stereocenters. The zero-order valence-corrected chi connectivity index (χ0v) is 9.78. The van der Waals surface area contributed by atoms with Crippen LogP contribution in [0.5, 0.6) is 0 Å². The molecule has 1 heterocycles. The van der Waals surface area contributed by atoms with Crippen molar-refractivity contribution >= 4 is 28.5 Å². The second-order valence-electron chi connectivity index (χ2n) is 3.41. The molecule has 1 aromatic heterocycles. The second kappa shape index (κ2) is 4.97. The molecule has 0 fully saturated rings. The number of carbonyl (C=O) groups is 1. The number of pyridine rings is 1. The maximum absolute atomic E-state index is 11.6. The summed E-state index contributed by atoms with van der Waals surface area (Å²) >= 11 is 6.00. The Morgan fingerprint density at radius 2 is 2.29 bits per heavy atom. The molecule has 0 radical (unpaired) electrons. The summed E-state index contributed by atoms with van der Waals surface area (Å²) < 4.78 is 4.94. The minimum Gasteiger partial charge on any atom is -0.458 e. The lowest BCUT2D eigenvalue weighted by Gasteiger charge is -2.04. The van der Waals surface area contributed by atoms with E-state index in [1.807, 2.05) is 0 Å². The first-order valence-electron chi connectivity index (χ1n) is 5.04. The topological polar surface area (TPSA) is 39.2 Å². The monoisotopic (exact) mass is 247 g/mol. The lowest BCUT2D eigenvalue weighted by molar-refractivity contribution is 0.0550. The number of fused-ring (bicyclic) bond motifs is 1. The molecule has 0 saturated carbocycles. The van der Waals surface area contributed by atoms with Crippen molar-refractivity contribution in [3.63, 3.8) is 0 Å². The Balaban J connectivity index is 2.38. The summed E-state index contributed by atoms with van der Waals surface area (Å²) in [5.41, 5.74) is 1.12. The van der Waals surface area contributed by atoms with Gasteiger partial charge in [-0.1, -0.05) is 30.3 Å². The maximum Gasteiger partial charge on any atom is 0.338 e. The predicted molar refractivity (Wildman–Crippen MR) is 67.2 cm³/mol. The zero-order chi connectivity index (χ0) is 12.3. The number of hydrogen-bond donors (Lipinski definition) is 0. The molecule has 4 heteroatoms. The fraction of sp³-hybridized carbons (Fsp3) is 0.0769. The van der Waals surface area contributed by atoms with Crippen molar-refractivity contribution in [3.8, 4) is 0 Å². The van der Waals surface area contributed by atoms with Crippen LogP contribution in [0, 0.1) is 0 Å². The highest BCUT2D eigenvalue weighted by atomic mass is 35.5. The summed E-state index contributed by atoms with van der Waals surface area (Å²) in [6.07, 6.45) is 3.12. The van der Waals surface area contributed by atoms with Gasteiger partial charge in [0, 0.05) is 11.6 Å². The fourth-order valence-electron chi connectivity index (χ4n) is 1.46. The minimum absolute atomic E-state index is 0.194. The molecule has 0 aliphatic rings. The van der Waals surface area contributed by atoms with Gasteiger partial charge in [-0.3, -0.25) is 4.98 Å². The third kappa shape index (κ3) is 2.45. The average Bonchev–Trinajstić information content (AvgIpc) is 2.36. The van der Waals surface area contributed by atoms with Gasteiger partial charge in [-0.05, 0) is 18.2 Å². The molecule has 0 bridgehead atoms. The molecular weight excluding hydrogens is 238 g/mol. The second-order valence-corrected chi connectivity index (χ2v) is 3.82. The summed E-state index contributed by atoms with van der Waals surface area (Å²) in [4.78, 5) is 15.8. The fourth-order valence-corrected chi connectivity index (χ4v) is 1.67. The lowest BCUT2D eigenvalue weighted by atomic mass is 10.1. The first-order valence-corrected chi connectivity index (χ1v) is 5.42. The van der Waals surface area contributed by atoms with Crippen molar-refractivity contribution in [2.45, 2.75) is 0 Å². The molecule has 0 atom stereocenters. The van der Waals surface area contributed by atoms with Crippen LogP contribution in [0.4, 0.5) is 0 Å². The van der Waals surface area contributed by atoms with Crippen molar-refractivity contribution in [2.75, 3.05) is 6.61 Å². The molecule has 86 valence electrons. The molecule has 0 aliphatic carbocycles. The first-order chi connectivity index (χ1) is 8.22. The van der Waals surface area contributed by atoms with E-state index in [1.54, 1.807) is 30.5 Å². The summed E-state index contributed by atoms with van der Waals surface area (Å²) in [7, 11) is 0. The number of aromatic nitrogens is 1. The van der Waals surface area contributed by atoms with Gasteiger partial charge in [0.1, 0.15) is 6.61 Å². The van der Waals surface area contributed by atoms with Crippen molar-refractivity contribution in [3.05, 3.63) is 53.7 Å². The Labute approximate surface area is 104 Å². The smallest absolute Gasteiger partial charge is 0.338 e. The minimum atomic E-state index is -0.395. The van der Waals surface area contributed by atoms with Crippen LogP contribution in [0.15, 0.2) is 43.1 Å². The number of esters is 1. The SMILES string of the molecule is C=CCOC(=O)c1ccc2c(Cl)ccnc2c1. The summed E-state index contributed by atoms with van der Waals surface area (Å²) in [6.45, 7) is 3.68. The largest absolute Gasteiger partial charge is 0.458 e. The summed E-state index contributed by atoms with van der Waals surface area (Å²) in [6, 6.07) is 6.79. The zero-order valence-electron chi connectivity index (χ0n) is 9.02. The van der Waals surface area contributed by atoms with Gasteiger partial charge in [-0.25, -0.2) is 4.79 Å². The molecule has 3 nitrogen and oxygen atoms in total.